The molecule has 3 aliphatic rings. The summed E-state index contributed by atoms with van der Waals surface area (Å²) in [6.45, 7) is 1.66. The second-order valence-corrected chi connectivity index (χ2v) is 6.56. The number of nitrogens with one attached hydrogen (secondary N) is 2. The van der Waals surface area contributed by atoms with Crippen LogP contribution in [0.1, 0.15) is 38.5 Å². The Morgan fingerprint density at radius 2 is 1.86 bits per heavy atom. The maximum atomic E-state index is 12.3. The summed E-state index contributed by atoms with van der Waals surface area (Å²) in [5, 5.41) is 6.26. The second kappa shape index (κ2) is 6.44. The number of amides is 1. The molecular weight excluding hydrogens is 288 g/mol. The van der Waals surface area contributed by atoms with Crippen molar-refractivity contribution in [3.8, 4) is 0 Å². The van der Waals surface area contributed by atoms with E-state index in [1.165, 1.54) is 0 Å². The van der Waals surface area contributed by atoms with Crippen molar-refractivity contribution in [2.75, 3.05) is 13.1 Å². The van der Waals surface area contributed by atoms with Gasteiger partial charge >= 0.3 is 0 Å². The molecule has 1 spiro atoms. The van der Waals surface area contributed by atoms with Gasteiger partial charge in [-0.05, 0) is 63.6 Å². The van der Waals surface area contributed by atoms with Crippen molar-refractivity contribution in [1.82, 2.24) is 10.6 Å². The van der Waals surface area contributed by atoms with Gasteiger partial charge in [-0.2, -0.15) is 0 Å². The quantitative estimate of drug-likeness (QED) is 0.786. The van der Waals surface area contributed by atoms with E-state index in [0.717, 1.165) is 63.5 Å². The van der Waals surface area contributed by atoms with Gasteiger partial charge in [-0.1, -0.05) is 6.08 Å². The van der Waals surface area contributed by atoms with Gasteiger partial charge in [0.1, 0.15) is 11.4 Å². The fraction of sp³-hybridized carbons (Fsp3) is 0.750. The Balaban J connectivity index is 1.60. The first-order valence-corrected chi connectivity index (χ1v) is 8.17. The molecule has 6 heteroatoms. The lowest BCUT2D eigenvalue weighted by atomic mass is 9.81. The van der Waals surface area contributed by atoms with Crippen LogP contribution < -0.4 is 10.6 Å². The van der Waals surface area contributed by atoms with Crippen molar-refractivity contribution in [3.63, 3.8) is 0 Å². The molecule has 1 amide bonds. The summed E-state index contributed by atoms with van der Waals surface area (Å²) < 4.78 is 24.4. The van der Waals surface area contributed by atoms with Gasteiger partial charge in [-0.25, -0.2) is 8.78 Å². The lowest BCUT2D eigenvalue weighted by Crippen LogP contribution is -2.47. The molecule has 1 saturated carbocycles. The summed E-state index contributed by atoms with van der Waals surface area (Å²) in [5.41, 5.74) is -0.549. The lowest BCUT2D eigenvalue weighted by molar-refractivity contribution is -0.124. The number of piperidine rings is 1. The Morgan fingerprint density at radius 3 is 2.50 bits per heavy atom. The smallest absolute Gasteiger partial charge is 0.257 e. The van der Waals surface area contributed by atoms with E-state index >= 15 is 0 Å². The van der Waals surface area contributed by atoms with Gasteiger partial charge in [0.25, 0.3) is 12.3 Å². The van der Waals surface area contributed by atoms with Crippen LogP contribution in [0.5, 0.6) is 0 Å². The Labute approximate surface area is 129 Å². The zero-order valence-electron chi connectivity index (χ0n) is 12.7. The van der Waals surface area contributed by atoms with Crippen LogP contribution in [-0.2, 0) is 4.79 Å². The minimum absolute atomic E-state index is 0.0451. The van der Waals surface area contributed by atoms with Gasteiger partial charge < -0.3 is 10.6 Å². The van der Waals surface area contributed by atoms with Crippen LogP contribution in [0, 0.1) is 11.8 Å². The summed E-state index contributed by atoms with van der Waals surface area (Å²) in [7, 11) is 0. The third-order valence-corrected chi connectivity index (χ3v) is 5.12. The van der Waals surface area contributed by atoms with E-state index < -0.39 is 12.0 Å². The van der Waals surface area contributed by atoms with Gasteiger partial charge in [0.15, 0.2) is 0 Å². The number of hydrogen-bond acceptors (Lipinski definition) is 3. The van der Waals surface area contributed by atoms with Crippen molar-refractivity contribution in [3.05, 3.63) is 12.2 Å². The number of alkyl halides is 2. The molecule has 2 heterocycles. The minimum Gasteiger partial charge on any atom is -0.317 e. The number of rotatable bonds is 3. The van der Waals surface area contributed by atoms with E-state index in [9.17, 15) is 13.6 Å². The van der Waals surface area contributed by atoms with Crippen LogP contribution in [0.15, 0.2) is 17.1 Å². The minimum atomic E-state index is -2.36. The van der Waals surface area contributed by atoms with Gasteiger partial charge in [0.05, 0.1) is 0 Å². The summed E-state index contributed by atoms with van der Waals surface area (Å²) in [4.78, 5) is 17.1. The molecule has 0 atom stereocenters. The first-order valence-electron chi connectivity index (χ1n) is 8.17. The standard InChI is InChI=1S/C16H23F2N3O/c17-13(18)6-3-11-1-4-12(5-2-11)14-20-15(22)16(21-14)7-9-19-10-8-16/h3,6,11-13,19H,1-2,4-5,7-10H2,(H,20,21,22)/b6-3+/t11-,12-. The third-order valence-electron chi connectivity index (χ3n) is 5.12. The van der Waals surface area contributed by atoms with E-state index in [4.69, 9.17) is 4.99 Å². The normalized spacial score (nSPS) is 31.8. The van der Waals surface area contributed by atoms with Crippen LogP contribution in [0.2, 0.25) is 0 Å². The molecule has 0 aromatic carbocycles. The molecule has 2 N–H and O–H groups in total. The fourth-order valence-electron chi connectivity index (χ4n) is 3.74. The largest absolute Gasteiger partial charge is 0.317 e. The number of amidine groups is 1. The zero-order valence-corrected chi connectivity index (χ0v) is 12.7. The Bertz CT molecular complexity index is 476. The second-order valence-electron chi connectivity index (χ2n) is 6.56. The average Bonchev–Trinajstić information content (AvgIpc) is 2.83. The molecule has 1 saturated heterocycles. The van der Waals surface area contributed by atoms with Crippen molar-refractivity contribution < 1.29 is 13.6 Å². The van der Waals surface area contributed by atoms with Crippen molar-refractivity contribution in [2.45, 2.75) is 50.5 Å². The summed E-state index contributed by atoms with van der Waals surface area (Å²) >= 11 is 0. The lowest BCUT2D eigenvalue weighted by Gasteiger charge is -2.28. The van der Waals surface area contributed by atoms with Crippen LogP contribution in [0.3, 0.4) is 0 Å². The molecular formula is C16H23F2N3O. The number of hydrogen-bond donors (Lipinski definition) is 2. The topological polar surface area (TPSA) is 53.5 Å². The predicted molar refractivity (Wildman–Crippen MR) is 81.0 cm³/mol. The first-order chi connectivity index (χ1) is 10.6. The number of halogens is 2. The third kappa shape index (κ3) is 3.21. The Hall–Kier alpha value is -1.30. The zero-order chi connectivity index (χ0) is 15.6. The van der Waals surface area contributed by atoms with Crippen LogP contribution >= 0.6 is 0 Å². The Morgan fingerprint density at radius 1 is 1.18 bits per heavy atom. The highest BCUT2D eigenvalue weighted by atomic mass is 19.3. The number of carbonyl (C=O) groups excluding carboxylic acids is 1. The van der Waals surface area contributed by atoms with Gasteiger partial charge in [0, 0.05) is 5.92 Å². The molecule has 22 heavy (non-hydrogen) atoms. The molecule has 1 aliphatic carbocycles. The van der Waals surface area contributed by atoms with Crippen LogP contribution in [0.25, 0.3) is 0 Å². The van der Waals surface area contributed by atoms with E-state index in [-0.39, 0.29) is 17.7 Å². The molecule has 0 aromatic heterocycles. The fourth-order valence-corrected chi connectivity index (χ4v) is 3.74. The maximum absolute atomic E-state index is 12.3. The molecule has 0 radical (unpaired) electrons. The average molecular weight is 311 g/mol. The number of carbonyl (C=O) groups is 1. The highest BCUT2D eigenvalue weighted by Crippen LogP contribution is 2.34. The van der Waals surface area contributed by atoms with E-state index in [2.05, 4.69) is 10.6 Å². The summed E-state index contributed by atoms with van der Waals surface area (Å²) in [6, 6.07) is 0. The molecule has 3 rings (SSSR count). The molecule has 4 nitrogen and oxygen atoms in total. The number of nitrogens with zero attached hydrogens (tertiary/aromatic N) is 1. The maximum Gasteiger partial charge on any atom is 0.257 e. The predicted octanol–water partition coefficient (Wildman–Crippen LogP) is 2.26. The number of allylic oxidation sites excluding steroid dienone is 2. The van der Waals surface area contributed by atoms with Gasteiger partial charge in [0.2, 0.25) is 0 Å². The van der Waals surface area contributed by atoms with Crippen molar-refractivity contribution in [1.29, 1.82) is 0 Å². The summed E-state index contributed by atoms with van der Waals surface area (Å²) in [6.07, 6.45) is 5.38. The highest BCUT2D eigenvalue weighted by Gasteiger charge is 2.45. The highest BCUT2D eigenvalue weighted by molar-refractivity contribution is 6.09. The van der Waals surface area contributed by atoms with Crippen LogP contribution in [0.4, 0.5) is 8.78 Å². The number of aliphatic imine (C=N–C) groups is 1. The molecule has 0 bridgehead atoms. The molecule has 2 fully saturated rings. The molecule has 0 aromatic rings. The molecule has 0 unspecified atom stereocenters. The van der Waals surface area contributed by atoms with E-state index in [0.29, 0.717) is 0 Å². The molecule has 122 valence electrons. The first kappa shape index (κ1) is 15.6. The SMILES string of the molecule is O=C1NC([C@H]2CC[C@H](/C=C/C(F)F)CC2)=NC12CCNCC2. The monoisotopic (exact) mass is 311 g/mol. The molecule has 2 aliphatic heterocycles. The van der Waals surface area contributed by atoms with Crippen LogP contribution in [-0.4, -0.2) is 36.8 Å². The Kier molecular flexibility index (Phi) is 4.57. The van der Waals surface area contributed by atoms with Crippen molar-refractivity contribution >= 4 is 11.7 Å². The summed E-state index contributed by atoms with van der Waals surface area (Å²) in [5.74, 6) is 1.39. The van der Waals surface area contributed by atoms with E-state index in [1.807, 2.05) is 0 Å². The van der Waals surface area contributed by atoms with E-state index in [1.54, 1.807) is 6.08 Å². The van der Waals surface area contributed by atoms with Crippen molar-refractivity contribution in [2.24, 2.45) is 16.8 Å². The van der Waals surface area contributed by atoms with Gasteiger partial charge in [-0.3, -0.25) is 9.79 Å². The van der Waals surface area contributed by atoms with Gasteiger partial charge in [-0.15, -0.1) is 0 Å².